The monoisotopic (exact) mass is 254 g/mol. The first-order valence-electron chi connectivity index (χ1n) is 6.41. The Morgan fingerprint density at radius 1 is 1.42 bits per heavy atom. The normalized spacial score (nSPS) is 11.8. The molecule has 1 atom stereocenters. The van der Waals surface area contributed by atoms with Crippen molar-refractivity contribution in [3.8, 4) is 18.1 Å². The number of nitrogens with zero attached hydrogens (tertiary/aromatic N) is 1. The summed E-state index contributed by atoms with van der Waals surface area (Å²) in [4.78, 5) is 4.42. The maximum atomic E-state index is 5.39. The third kappa shape index (κ3) is 2.97. The molecule has 0 saturated heterocycles. The minimum Gasteiger partial charge on any atom is -0.497 e. The smallest absolute Gasteiger partial charge is 0.134 e. The minimum absolute atomic E-state index is 0.245. The summed E-state index contributed by atoms with van der Waals surface area (Å²) in [5.74, 6) is 4.38. The van der Waals surface area contributed by atoms with E-state index in [1.54, 1.807) is 13.3 Å². The molecule has 2 aromatic rings. The van der Waals surface area contributed by atoms with Gasteiger partial charge >= 0.3 is 0 Å². The number of anilines is 1. The van der Waals surface area contributed by atoms with Gasteiger partial charge in [0.15, 0.2) is 0 Å². The van der Waals surface area contributed by atoms with Crippen LogP contribution >= 0.6 is 0 Å². The van der Waals surface area contributed by atoms with Gasteiger partial charge < -0.3 is 10.1 Å². The number of fused-ring (bicyclic) bond motifs is 1. The van der Waals surface area contributed by atoms with Crippen LogP contribution in [0, 0.1) is 12.3 Å². The number of hydrogen-bond acceptors (Lipinski definition) is 3. The highest BCUT2D eigenvalue weighted by Crippen LogP contribution is 2.26. The van der Waals surface area contributed by atoms with Gasteiger partial charge in [-0.25, -0.2) is 4.98 Å². The second kappa shape index (κ2) is 6.10. The number of terminal acetylenes is 1. The van der Waals surface area contributed by atoms with Gasteiger partial charge in [0.1, 0.15) is 11.6 Å². The third-order valence-electron chi connectivity index (χ3n) is 3.17. The van der Waals surface area contributed by atoms with E-state index in [-0.39, 0.29) is 6.04 Å². The average Bonchev–Trinajstić information content (AvgIpc) is 2.46. The summed E-state index contributed by atoms with van der Waals surface area (Å²) in [6, 6.07) is 8.21. The van der Waals surface area contributed by atoms with E-state index < -0.39 is 0 Å². The van der Waals surface area contributed by atoms with Crippen LogP contribution in [0.15, 0.2) is 30.5 Å². The van der Waals surface area contributed by atoms with E-state index in [0.29, 0.717) is 6.42 Å². The molecular weight excluding hydrogens is 236 g/mol. The lowest BCUT2D eigenvalue weighted by Gasteiger charge is -2.16. The van der Waals surface area contributed by atoms with Crippen molar-refractivity contribution in [3.63, 3.8) is 0 Å². The molecule has 0 aliphatic rings. The molecule has 19 heavy (non-hydrogen) atoms. The Hall–Kier alpha value is -2.21. The molecule has 0 saturated carbocycles. The minimum atomic E-state index is 0.245. The molecule has 0 radical (unpaired) electrons. The number of ether oxygens (including phenoxy) is 1. The lowest BCUT2D eigenvalue weighted by atomic mass is 10.1. The van der Waals surface area contributed by atoms with Gasteiger partial charge in [-0.3, -0.25) is 0 Å². The number of hydrogen-bond donors (Lipinski definition) is 1. The van der Waals surface area contributed by atoms with E-state index >= 15 is 0 Å². The molecule has 1 aromatic carbocycles. The molecular formula is C16H18N2O. The third-order valence-corrected chi connectivity index (χ3v) is 3.17. The van der Waals surface area contributed by atoms with Crippen LogP contribution in [-0.2, 0) is 0 Å². The lowest BCUT2D eigenvalue weighted by Crippen LogP contribution is -2.18. The van der Waals surface area contributed by atoms with Crippen LogP contribution in [0.2, 0.25) is 0 Å². The fourth-order valence-corrected chi connectivity index (χ4v) is 2.02. The van der Waals surface area contributed by atoms with Gasteiger partial charge in [-0.1, -0.05) is 13.0 Å². The predicted octanol–water partition coefficient (Wildman–Crippen LogP) is 3.46. The largest absolute Gasteiger partial charge is 0.497 e. The molecule has 1 unspecified atom stereocenters. The molecule has 98 valence electrons. The maximum Gasteiger partial charge on any atom is 0.134 e. The topological polar surface area (TPSA) is 34.2 Å². The summed E-state index contributed by atoms with van der Waals surface area (Å²) in [5, 5.41) is 5.60. The van der Waals surface area contributed by atoms with E-state index in [4.69, 9.17) is 11.2 Å². The zero-order chi connectivity index (χ0) is 13.7. The highest BCUT2D eigenvalue weighted by Gasteiger charge is 2.09. The van der Waals surface area contributed by atoms with Crippen LogP contribution in [0.3, 0.4) is 0 Å². The van der Waals surface area contributed by atoms with Crippen molar-refractivity contribution in [1.29, 1.82) is 0 Å². The van der Waals surface area contributed by atoms with Crippen molar-refractivity contribution in [2.24, 2.45) is 0 Å². The molecule has 0 amide bonds. The van der Waals surface area contributed by atoms with Gasteiger partial charge in [-0.05, 0) is 30.0 Å². The quantitative estimate of drug-likeness (QED) is 0.830. The van der Waals surface area contributed by atoms with Crippen molar-refractivity contribution < 1.29 is 4.74 Å². The van der Waals surface area contributed by atoms with Crippen molar-refractivity contribution in [3.05, 3.63) is 30.5 Å². The van der Waals surface area contributed by atoms with Crippen molar-refractivity contribution in [2.45, 2.75) is 25.8 Å². The van der Waals surface area contributed by atoms with Gasteiger partial charge in [-0.15, -0.1) is 12.3 Å². The molecule has 1 heterocycles. The van der Waals surface area contributed by atoms with Crippen LogP contribution in [-0.4, -0.2) is 18.1 Å². The van der Waals surface area contributed by atoms with E-state index in [1.807, 2.05) is 24.3 Å². The SMILES string of the molecule is C#CCC(CC)Nc1nccc2ccc(OC)cc12. The van der Waals surface area contributed by atoms with Crippen molar-refractivity contribution in [2.75, 3.05) is 12.4 Å². The molecule has 1 aromatic heterocycles. The summed E-state index contributed by atoms with van der Waals surface area (Å²) in [7, 11) is 1.66. The number of aromatic nitrogens is 1. The molecule has 0 bridgehead atoms. The number of rotatable bonds is 5. The fraction of sp³-hybridized carbons (Fsp3) is 0.312. The Morgan fingerprint density at radius 2 is 2.26 bits per heavy atom. The first-order valence-corrected chi connectivity index (χ1v) is 6.41. The Bertz CT molecular complexity index is 601. The van der Waals surface area contributed by atoms with E-state index in [2.05, 4.69) is 23.1 Å². The van der Waals surface area contributed by atoms with Crippen LogP contribution in [0.1, 0.15) is 19.8 Å². The standard InChI is InChI=1S/C16H18N2O/c1-4-6-13(5-2)18-16-15-11-14(19-3)8-7-12(15)9-10-17-16/h1,7-11,13H,5-6H2,2-3H3,(H,17,18). The van der Waals surface area contributed by atoms with E-state index in [0.717, 1.165) is 28.8 Å². The summed E-state index contributed by atoms with van der Waals surface area (Å²) in [6.45, 7) is 2.11. The average molecular weight is 254 g/mol. The fourth-order valence-electron chi connectivity index (χ4n) is 2.02. The predicted molar refractivity (Wildman–Crippen MR) is 79.4 cm³/mol. The second-order valence-electron chi connectivity index (χ2n) is 4.40. The molecule has 3 nitrogen and oxygen atoms in total. The number of methoxy groups -OCH3 is 1. The lowest BCUT2D eigenvalue weighted by molar-refractivity contribution is 0.415. The van der Waals surface area contributed by atoms with Gasteiger partial charge in [0.25, 0.3) is 0 Å². The molecule has 0 aliphatic carbocycles. The molecule has 3 heteroatoms. The summed E-state index contributed by atoms with van der Waals surface area (Å²) in [6.07, 6.45) is 8.85. The Morgan fingerprint density at radius 3 is 2.95 bits per heavy atom. The maximum absolute atomic E-state index is 5.39. The van der Waals surface area contributed by atoms with Crippen molar-refractivity contribution in [1.82, 2.24) is 4.98 Å². The van der Waals surface area contributed by atoms with E-state index in [1.165, 1.54) is 0 Å². The molecule has 0 fully saturated rings. The zero-order valence-corrected chi connectivity index (χ0v) is 11.3. The summed E-state index contributed by atoms with van der Waals surface area (Å²) in [5.41, 5.74) is 0. The Balaban J connectivity index is 2.39. The number of pyridine rings is 1. The van der Waals surface area contributed by atoms with E-state index in [9.17, 15) is 0 Å². The highest BCUT2D eigenvalue weighted by molar-refractivity contribution is 5.92. The zero-order valence-electron chi connectivity index (χ0n) is 11.3. The van der Waals surface area contributed by atoms with Gasteiger partial charge in [-0.2, -0.15) is 0 Å². The van der Waals surface area contributed by atoms with Crippen molar-refractivity contribution >= 4 is 16.6 Å². The molecule has 1 N–H and O–H groups in total. The second-order valence-corrected chi connectivity index (χ2v) is 4.40. The summed E-state index contributed by atoms with van der Waals surface area (Å²) < 4.78 is 5.27. The first-order chi connectivity index (χ1) is 9.28. The Labute approximate surface area is 114 Å². The number of nitrogens with one attached hydrogen (secondary N) is 1. The number of benzene rings is 1. The van der Waals surface area contributed by atoms with Gasteiger partial charge in [0, 0.05) is 24.0 Å². The van der Waals surface area contributed by atoms with Gasteiger partial charge in [0.05, 0.1) is 7.11 Å². The van der Waals surface area contributed by atoms with Crippen LogP contribution in [0.4, 0.5) is 5.82 Å². The Kier molecular flexibility index (Phi) is 4.25. The van der Waals surface area contributed by atoms with Crippen LogP contribution in [0.25, 0.3) is 10.8 Å². The molecule has 0 aliphatic heterocycles. The van der Waals surface area contributed by atoms with Crippen LogP contribution < -0.4 is 10.1 Å². The first kappa shape index (κ1) is 13.2. The highest BCUT2D eigenvalue weighted by atomic mass is 16.5. The molecule has 0 spiro atoms. The van der Waals surface area contributed by atoms with Gasteiger partial charge in [0.2, 0.25) is 0 Å². The summed E-state index contributed by atoms with van der Waals surface area (Å²) >= 11 is 0. The molecule has 2 rings (SSSR count). The van der Waals surface area contributed by atoms with Crippen LogP contribution in [0.5, 0.6) is 5.75 Å².